The second-order valence-electron chi connectivity index (χ2n) is 1.76. The Labute approximate surface area is 52.4 Å². The van der Waals surface area contributed by atoms with Crippen LogP contribution in [0.3, 0.4) is 0 Å². The fourth-order valence-corrected chi connectivity index (χ4v) is 0.330. The smallest absolute Gasteiger partial charge is 0.166 e. The monoisotopic (exact) mass is 137 g/mol. The summed E-state index contributed by atoms with van der Waals surface area (Å²) >= 11 is 0. The zero-order chi connectivity index (χ0) is 7.49. The van der Waals surface area contributed by atoms with E-state index >= 15 is 0 Å². The zero-order valence-corrected chi connectivity index (χ0v) is 5.34. The predicted molar refractivity (Wildman–Crippen MR) is 28.8 cm³/mol. The van der Waals surface area contributed by atoms with E-state index in [1.165, 1.54) is 13.0 Å². The van der Waals surface area contributed by atoms with Crippen molar-refractivity contribution in [2.24, 2.45) is 0 Å². The Hall–Kier alpha value is -0.470. The van der Waals surface area contributed by atoms with Gasteiger partial charge in [-0.3, -0.25) is 0 Å². The molecule has 0 rings (SSSR count). The summed E-state index contributed by atoms with van der Waals surface area (Å²) in [4.78, 5) is 0. The van der Waals surface area contributed by atoms with E-state index in [1.54, 1.807) is 6.92 Å². The molecule has 0 heterocycles. The van der Waals surface area contributed by atoms with Crippen molar-refractivity contribution in [2.45, 2.75) is 26.4 Å². The first-order valence-corrected chi connectivity index (χ1v) is 2.63. The van der Waals surface area contributed by atoms with E-state index in [4.69, 9.17) is 0 Å². The maximum atomic E-state index is 11.4. The van der Waals surface area contributed by atoms with Crippen molar-refractivity contribution in [1.29, 1.82) is 0 Å². The maximum Gasteiger partial charge on any atom is 0.416 e. The van der Waals surface area contributed by atoms with Crippen molar-refractivity contribution >= 4 is 0 Å². The normalized spacial score (nSPS) is 14.1. The molecule has 0 aliphatic carbocycles. The van der Waals surface area contributed by atoms with E-state index in [9.17, 15) is 13.2 Å². The molecule has 0 spiro atoms. The molecule has 0 aliphatic heterocycles. The molecular formula is C6H8F3. The Balaban J connectivity index is 3.95. The molecule has 0 amide bonds. The third-order valence-electron chi connectivity index (χ3n) is 0.885. The molecule has 0 aromatic heterocycles. The molecule has 0 fully saturated rings. The molecule has 0 bridgehead atoms. The summed E-state index contributed by atoms with van der Waals surface area (Å²) in [5, 5.41) is 0. The van der Waals surface area contributed by atoms with Gasteiger partial charge in [-0.1, -0.05) is 12.5 Å². The van der Waals surface area contributed by atoms with Gasteiger partial charge in [-0.25, -0.2) is 0 Å². The van der Waals surface area contributed by atoms with Gasteiger partial charge in [-0.2, -0.15) is 13.2 Å². The minimum absolute atomic E-state index is 0.238. The van der Waals surface area contributed by atoms with Crippen LogP contribution in [-0.4, -0.2) is 6.18 Å². The molecule has 53 valence electrons. The summed E-state index contributed by atoms with van der Waals surface area (Å²) in [6.07, 6.45) is -2.48. The number of alkyl halides is 3. The van der Waals surface area contributed by atoms with Crippen LogP contribution >= 0.6 is 0 Å². The van der Waals surface area contributed by atoms with Crippen LogP contribution in [0.25, 0.3) is 0 Å². The van der Waals surface area contributed by atoms with Gasteiger partial charge in [0.2, 0.25) is 0 Å². The molecule has 0 aliphatic rings. The molecule has 0 aromatic rings. The third kappa shape index (κ3) is 5.40. The standard InChI is InChI=1S/C6H8F3/c1-3-5(2)4-6(7,8)9/h3H2,1-2H3. The van der Waals surface area contributed by atoms with Crippen molar-refractivity contribution in [2.75, 3.05) is 0 Å². The Kier molecular flexibility index (Phi) is 2.74. The highest BCUT2D eigenvalue weighted by Gasteiger charge is 2.23. The minimum Gasteiger partial charge on any atom is -0.166 e. The topological polar surface area (TPSA) is 0 Å². The van der Waals surface area contributed by atoms with Crippen molar-refractivity contribution in [3.05, 3.63) is 11.6 Å². The fraction of sp³-hybridized carbons (Fsp3) is 0.667. The lowest BCUT2D eigenvalue weighted by Crippen LogP contribution is -2.03. The summed E-state index contributed by atoms with van der Waals surface area (Å²) in [6, 6.07) is 0. The minimum atomic E-state index is -4.26. The second-order valence-corrected chi connectivity index (χ2v) is 1.76. The van der Waals surface area contributed by atoms with Crippen molar-refractivity contribution < 1.29 is 13.2 Å². The first-order valence-electron chi connectivity index (χ1n) is 2.63. The van der Waals surface area contributed by atoms with Crippen LogP contribution in [0.15, 0.2) is 5.57 Å². The highest BCUT2D eigenvalue weighted by molar-refractivity contribution is 4.93. The Bertz CT molecular complexity index is 110. The van der Waals surface area contributed by atoms with Crippen LogP contribution < -0.4 is 0 Å². The molecule has 0 saturated heterocycles. The van der Waals surface area contributed by atoms with Crippen LogP contribution in [0.1, 0.15) is 20.3 Å². The average molecular weight is 137 g/mol. The first-order chi connectivity index (χ1) is 3.95. The third-order valence-corrected chi connectivity index (χ3v) is 0.885. The summed E-state index contributed by atoms with van der Waals surface area (Å²) in [5.41, 5.74) is 0.238. The lowest BCUT2D eigenvalue weighted by atomic mass is 10.2. The first kappa shape index (κ1) is 8.53. The second kappa shape index (κ2) is 2.90. The van der Waals surface area contributed by atoms with Gasteiger partial charge < -0.3 is 0 Å². The summed E-state index contributed by atoms with van der Waals surface area (Å²) in [7, 11) is 0. The lowest BCUT2D eigenvalue weighted by molar-refractivity contribution is -0.0883. The number of rotatable bonds is 1. The van der Waals surface area contributed by atoms with E-state index < -0.39 is 6.18 Å². The number of allylic oxidation sites excluding steroid dienone is 2. The van der Waals surface area contributed by atoms with Gasteiger partial charge >= 0.3 is 6.18 Å². The Morgan fingerprint density at radius 3 is 2.00 bits per heavy atom. The highest BCUT2D eigenvalue weighted by atomic mass is 19.4. The van der Waals surface area contributed by atoms with Crippen LogP contribution in [-0.2, 0) is 0 Å². The van der Waals surface area contributed by atoms with E-state index in [0.29, 0.717) is 6.42 Å². The van der Waals surface area contributed by atoms with Crippen molar-refractivity contribution in [3.63, 3.8) is 0 Å². The molecule has 0 nitrogen and oxygen atoms in total. The largest absolute Gasteiger partial charge is 0.416 e. The van der Waals surface area contributed by atoms with E-state index in [0.717, 1.165) is 0 Å². The molecule has 0 unspecified atom stereocenters. The predicted octanol–water partition coefficient (Wildman–Crippen LogP) is 2.71. The number of hydrogen-bond acceptors (Lipinski definition) is 0. The van der Waals surface area contributed by atoms with Crippen LogP contribution in [0.2, 0.25) is 0 Å². The molecule has 0 atom stereocenters. The Morgan fingerprint density at radius 1 is 1.44 bits per heavy atom. The molecule has 1 radical (unpaired) electrons. The quantitative estimate of drug-likeness (QED) is 0.521. The number of hydrogen-bond donors (Lipinski definition) is 0. The SMILES string of the molecule is CC/C(C)=[C]/C(F)(F)F. The van der Waals surface area contributed by atoms with Crippen LogP contribution in [0.4, 0.5) is 13.2 Å². The highest BCUT2D eigenvalue weighted by Crippen LogP contribution is 2.17. The van der Waals surface area contributed by atoms with Crippen molar-refractivity contribution in [3.8, 4) is 0 Å². The number of halogens is 3. The van der Waals surface area contributed by atoms with E-state index in [-0.39, 0.29) is 5.57 Å². The fourth-order valence-electron chi connectivity index (χ4n) is 0.330. The lowest BCUT2D eigenvalue weighted by Gasteiger charge is -1.98. The molecule has 3 heteroatoms. The van der Waals surface area contributed by atoms with Gasteiger partial charge in [0.15, 0.2) is 0 Å². The Morgan fingerprint density at radius 2 is 1.89 bits per heavy atom. The van der Waals surface area contributed by atoms with E-state index in [1.807, 2.05) is 0 Å². The molecule has 0 aromatic carbocycles. The van der Waals surface area contributed by atoms with Gasteiger partial charge in [-0.15, -0.1) is 0 Å². The van der Waals surface area contributed by atoms with E-state index in [2.05, 4.69) is 0 Å². The summed E-state index contributed by atoms with van der Waals surface area (Å²) in [6.45, 7) is 3.07. The molecule has 9 heavy (non-hydrogen) atoms. The van der Waals surface area contributed by atoms with Gasteiger partial charge in [0.25, 0.3) is 0 Å². The van der Waals surface area contributed by atoms with Gasteiger partial charge in [0.1, 0.15) is 0 Å². The van der Waals surface area contributed by atoms with Gasteiger partial charge in [0, 0.05) is 0 Å². The average Bonchev–Trinajstić information content (AvgIpc) is 1.62. The zero-order valence-electron chi connectivity index (χ0n) is 5.34. The molecular weight excluding hydrogens is 129 g/mol. The van der Waals surface area contributed by atoms with Gasteiger partial charge in [-0.05, 0) is 13.3 Å². The van der Waals surface area contributed by atoms with Crippen LogP contribution in [0, 0.1) is 6.08 Å². The molecule has 0 N–H and O–H groups in total. The van der Waals surface area contributed by atoms with Gasteiger partial charge in [0.05, 0.1) is 6.08 Å². The molecule has 0 saturated carbocycles. The summed E-state index contributed by atoms with van der Waals surface area (Å²) in [5.74, 6) is 0. The maximum absolute atomic E-state index is 11.4. The summed E-state index contributed by atoms with van der Waals surface area (Å²) < 4.78 is 34.1. The van der Waals surface area contributed by atoms with Crippen molar-refractivity contribution in [1.82, 2.24) is 0 Å². The van der Waals surface area contributed by atoms with Crippen LogP contribution in [0.5, 0.6) is 0 Å².